The van der Waals surface area contributed by atoms with E-state index in [1.54, 1.807) is 7.11 Å². The van der Waals surface area contributed by atoms with Crippen molar-refractivity contribution in [3.63, 3.8) is 0 Å². The van der Waals surface area contributed by atoms with Crippen LogP contribution in [0.3, 0.4) is 0 Å². The Bertz CT molecular complexity index is 1160. The highest BCUT2D eigenvalue weighted by Gasteiger charge is 2.61. The molecule has 7 nitrogen and oxygen atoms in total. The maximum Gasteiger partial charge on any atom is 0.274 e. The van der Waals surface area contributed by atoms with E-state index in [1.807, 2.05) is 25.1 Å². The SMILES string of the molecule is COC1(C)CCC2(CC1)Cc1ccc(NC(=O)c3ccc(F)cn3)cc1C21N=C(C)C(N)=N1. The topological polar surface area (TPSA) is 102 Å². The first-order chi connectivity index (χ1) is 15.7. The Labute approximate surface area is 192 Å². The minimum absolute atomic E-state index is 0.144. The van der Waals surface area contributed by atoms with Gasteiger partial charge in [-0.25, -0.2) is 14.4 Å². The fourth-order valence-electron chi connectivity index (χ4n) is 5.54. The number of aliphatic imine (C=N–C) groups is 2. The standard InChI is InChI=1S/C25H28FN5O2/c1-15-21(27)31-25(30-15)19-12-18(29-22(32)20-7-5-17(26)14-28-20)6-4-16(19)13-24(25)10-8-23(2,33-3)9-11-24/h4-7,12,14H,8-11,13H2,1-3H3,(H2,27,31)(H,29,32). The van der Waals surface area contributed by atoms with Gasteiger partial charge in [-0.1, -0.05) is 6.07 Å². The van der Waals surface area contributed by atoms with E-state index < -0.39 is 17.4 Å². The number of rotatable bonds is 3. The van der Waals surface area contributed by atoms with E-state index in [0.717, 1.165) is 49.6 Å². The van der Waals surface area contributed by atoms with Crippen molar-refractivity contribution in [2.24, 2.45) is 21.1 Å². The van der Waals surface area contributed by atoms with E-state index in [9.17, 15) is 9.18 Å². The Morgan fingerprint density at radius 2 is 1.91 bits per heavy atom. The van der Waals surface area contributed by atoms with Gasteiger partial charge in [0.05, 0.1) is 17.5 Å². The second kappa shape index (κ2) is 7.45. The number of nitrogens with one attached hydrogen (secondary N) is 1. The van der Waals surface area contributed by atoms with Gasteiger partial charge < -0.3 is 15.8 Å². The highest BCUT2D eigenvalue weighted by molar-refractivity contribution is 6.41. The molecule has 33 heavy (non-hydrogen) atoms. The molecular formula is C25H28FN5O2. The van der Waals surface area contributed by atoms with Crippen molar-refractivity contribution >= 4 is 23.1 Å². The molecular weight excluding hydrogens is 421 g/mol. The summed E-state index contributed by atoms with van der Waals surface area (Å²) in [7, 11) is 1.77. The number of halogens is 1. The largest absolute Gasteiger partial charge is 0.382 e. The molecule has 1 aromatic carbocycles. The second-order valence-corrected chi connectivity index (χ2v) is 9.67. The Morgan fingerprint density at radius 3 is 2.52 bits per heavy atom. The maximum absolute atomic E-state index is 13.2. The van der Waals surface area contributed by atoms with Gasteiger partial charge in [-0.15, -0.1) is 0 Å². The molecule has 1 saturated carbocycles. The summed E-state index contributed by atoms with van der Waals surface area (Å²) in [5.74, 6) is -0.426. The Kier molecular flexibility index (Phi) is 4.90. The summed E-state index contributed by atoms with van der Waals surface area (Å²) in [6.07, 6.45) is 5.55. The number of carbonyl (C=O) groups is 1. The molecule has 1 fully saturated rings. The van der Waals surface area contributed by atoms with Gasteiger partial charge in [-0.3, -0.25) is 9.79 Å². The van der Waals surface area contributed by atoms with Crippen LogP contribution in [0.25, 0.3) is 0 Å². The van der Waals surface area contributed by atoms with Crippen LogP contribution >= 0.6 is 0 Å². The molecule has 1 aromatic heterocycles. The summed E-state index contributed by atoms with van der Waals surface area (Å²) in [6, 6.07) is 8.45. The molecule has 3 aliphatic rings. The van der Waals surface area contributed by atoms with Gasteiger partial charge in [-0.05, 0) is 75.8 Å². The Morgan fingerprint density at radius 1 is 1.15 bits per heavy atom. The van der Waals surface area contributed by atoms with Crippen LogP contribution in [0.2, 0.25) is 0 Å². The number of pyridine rings is 1. The van der Waals surface area contributed by atoms with Crippen molar-refractivity contribution in [2.45, 2.75) is 57.2 Å². The van der Waals surface area contributed by atoms with Crippen LogP contribution in [-0.4, -0.2) is 35.1 Å². The molecule has 8 heteroatoms. The average Bonchev–Trinajstić information content (AvgIpc) is 3.24. The first-order valence-corrected chi connectivity index (χ1v) is 11.2. The Hall–Kier alpha value is -3.13. The summed E-state index contributed by atoms with van der Waals surface area (Å²) in [5.41, 5.74) is 8.79. The molecule has 1 atom stereocenters. The zero-order valence-corrected chi connectivity index (χ0v) is 19.1. The highest BCUT2D eigenvalue weighted by Crippen LogP contribution is 2.63. The molecule has 2 heterocycles. The first kappa shape index (κ1) is 21.7. The number of amidine groups is 1. The third-order valence-corrected chi connectivity index (χ3v) is 7.71. The molecule has 3 N–H and O–H groups in total. The van der Waals surface area contributed by atoms with Gasteiger partial charge in [0.25, 0.3) is 5.91 Å². The quantitative estimate of drug-likeness (QED) is 0.740. The molecule has 1 amide bonds. The summed E-state index contributed by atoms with van der Waals surface area (Å²) in [6.45, 7) is 4.06. The fourth-order valence-corrected chi connectivity index (χ4v) is 5.54. The zero-order chi connectivity index (χ0) is 23.4. The number of benzene rings is 1. The van der Waals surface area contributed by atoms with Gasteiger partial charge in [0, 0.05) is 23.8 Å². The van der Waals surface area contributed by atoms with Crippen LogP contribution in [0.15, 0.2) is 46.5 Å². The number of ether oxygens (including phenoxy) is 1. The molecule has 5 rings (SSSR count). The minimum Gasteiger partial charge on any atom is -0.382 e. The monoisotopic (exact) mass is 449 g/mol. The number of fused-ring (bicyclic) bond motifs is 3. The molecule has 1 aliphatic heterocycles. The number of nitrogens with two attached hydrogens (primary N) is 1. The van der Waals surface area contributed by atoms with E-state index in [0.29, 0.717) is 11.5 Å². The third-order valence-electron chi connectivity index (χ3n) is 7.71. The van der Waals surface area contributed by atoms with Crippen LogP contribution in [0.5, 0.6) is 0 Å². The smallest absolute Gasteiger partial charge is 0.274 e. The van der Waals surface area contributed by atoms with Gasteiger partial charge in [0.15, 0.2) is 5.66 Å². The van der Waals surface area contributed by atoms with E-state index in [2.05, 4.69) is 17.2 Å². The average molecular weight is 450 g/mol. The van der Waals surface area contributed by atoms with E-state index in [1.165, 1.54) is 17.7 Å². The molecule has 0 saturated heterocycles. The predicted molar refractivity (Wildman–Crippen MR) is 125 cm³/mol. The molecule has 2 aliphatic carbocycles. The molecule has 172 valence electrons. The molecule has 0 radical (unpaired) electrons. The van der Waals surface area contributed by atoms with Crippen LogP contribution in [-0.2, 0) is 16.8 Å². The number of aromatic nitrogens is 1. The number of amides is 1. The lowest BCUT2D eigenvalue weighted by molar-refractivity contribution is -0.0679. The lowest BCUT2D eigenvalue weighted by Gasteiger charge is -2.47. The van der Waals surface area contributed by atoms with Crippen molar-refractivity contribution in [2.75, 3.05) is 12.4 Å². The first-order valence-electron chi connectivity index (χ1n) is 11.2. The summed E-state index contributed by atoms with van der Waals surface area (Å²) < 4.78 is 19.0. The second-order valence-electron chi connectivity index (χ2n) is 9.67. The normalized spacial score (nSPS) is 30.3. The maximum atomic E-state index is 13.2. The number of methoxy groups -OCH3 is 1. The summed E-state index contributed by atoms with van der Waals surface area (Å²) >= 11 is 0. The van der Waals surface area contributed by atoms with E-state index in [4.69, 9.17) is 20.5 Å². The predicted octanol–water partition coefficient (Wildman–Crippen LogP) is 3.98. The van der Waals surface area contributed by atoms with Gasteiger partial charge in [0.1, 0.15) is 17.3 Å². The highest BCUT2D eigenvalue weighted by atomic mass is 19.1. The summed E-state index contributed by atoms with van der Waals surface area (Å²) in [5, 5.41) is 2.88. The van der Waals surface area contributed by atoms with Gasteiger partial charge in [0.2, 0.25) is 0 Å². The van der Waals surface area contributed by atoms with Crippen molar-refractivity contribution in [3.05, 3.63) is 59.2 Å². The van der Waals surface area contributed by atoms with Crippen LogP contribution < -0.4 is 11.1 Å². The molecule has 2 aromatic rings. The minimum atomic E-state index is -0.791. The lowest BCUT2D eigenvalue weighted by atomic mass is 9.63. The molecule has 1 unspecified atom stereocenters. The number of hydrogen-bond acceptors (Lipinski definition) is 6. The number of anilines is 1. The van der Waals surface area contributed by atoms with Crippen molar-refractivity contribution in [1.82, 2.24) is 4.98 Å². The van der Waals surface area contributed by atoms with Crippen molar-refractivity contribution in [3.8, 4) is 0 Å². The number of hydrogen-bond donors (Lipinski definition) is 2. The van der Waals surface area contributed by atoms with Crippen molar-refractivity contribution < 1.29 is 13.9 Å². The Balaban J connectivity index is 1.51. The van der Waals surface area contributed by atoms with Crippen LogP contribution in [0, 0.1) is 11.2 Å². The third kappa shape index (κ3) is 3.35. The van der Waals surface area contributed by atoms with E-state index >= 15 is 0 Å². The number of nitrogens with zero attached hydrogens (tertiary/aromatic N) is 3. The lowest BCUT2D eigenvalue weighted by Crippen LogP contribution is -2.46. The fraction of sp³-hybridized carbons (Fsp3) is 0.440. The van der Waals surface area contributed by atoms with Crippen LogP contribution in [0.4, 0.5) is 10.1 Å². The van der Waals surface area contributed by atoms with Crippen molar-refractivity contribution in [1.29, 1.82) is 0 Å². The molecule has 0 bridgehead atoms. The zero-order valence-electron chi connectivity index (χ0n) is 19.1. The summed E-state index contributed by atoms with van der Waals surface area (Å²) in [4.78, 5) is 26.6. The molecule has 2 spiro atoms. The van der Waals surface area contributed by atoms with Crippen LogP contribution in [0.1, 0.15) is 61.1 Å². The van der Waals surface area contributed by atoms with Gasteiger partial charge in [-0.2, -0.15) is 0 Å². The van der Waals surface area contributed by atoms with E-state index in [-0.39, 0.29) is 16.7 Å². The van der Waals surface area contributed by atoms with Gasteiger partial charge >= 0.3 is 0 Å². The number of carbonyl (C=O) groups excluding carboxylic acids is 1.